The molecule has 7 heteroatoms. The van der Waals surface area contributed by atoms with Crippen LogP contribution in [0.2, 0.25) is 5.02 Å². The van der Waals surface area contributed by atoms with Gasteiger partial charge < -0.3 is 14.6 Å². The summed E-state index contributed by atoms with van der Waals surface area (Å²) in [5, 5.41) is 2.79. The Bertz CT molecular complexity index is 583. The molecule has 0 aliphatic carbocycles. The van der Waals surface area contributed by atoms with E-state index in [0.717, 1.165) is 12.8 Å². The van der Waals surface area contributed by atoms with Gasteiger partial charge in [-0.2, -0.15) is 0 Å². The Labute approximate surface area is 170 Å². The van der Waals surface area contributed by atoms with Crippen molar-refractivity contribution < 1.29 is 18.3 Å². The van der Waals surface area contributed by atoms with Gasteiger partial charge in [0.1, 0.15) is 6.73 Å². The SMILES string of the molecule is CCCCCCCCCCCCOCNC(=O)c1ccc(Cl)c(S(=O)O)c1. The molecule has 0 heterocycles. The van der Waals surface area contributed by atoms with Gasteiger partial charge in [0.05, 0.1) is 9.92 Å². The van der Waals surface area contributed by atoms with E-state index in [1.807, 2.05) is 0 Å². The number of unbranched alkanes of at least 4 members (excludes halogenated alkanes) is 9. The van der Waals surface area contributed by atoms with Gasteiger partial charge in [0, 0.05) is 12.2 Å². The number of benzene rings is 1. The van der Waals surface area contributed by atoms with Crippen LogP contribution in [0.4, 0.5) is 0 Å². The Morgan fingerprint density at radius 1 is 1.07 bits per heavy atom. The molecular weight excluding hydrogens is 386 g/mol. The Morgan fingerprint density at radius 2 is 1.67 bits per heavy atom. The highest BCUT2D eigenvalue weighted by molar-refractivity contribution is 7.79. The Kier molecular flexibility index (Phi) is 13.4. The van der Waals surface area contributed by atoms with E-state index in [-0.39, 0.29) is 28.1 Å². The number of hydrogen-bond acceptors (Lipinski definition) is 3. The minimum atomic E-state index is -2.23. The zero-order valence-electron chi connectivity index (χ0n) is 16.2. The molecule has 0 aliphatic heterocycles. The summed E-state index contributed by atoms with van der Waals surface area (Å²) in [5.74, 6) is -0.360. The first-order valence-corrected chi connectivity index (χ1v) is 11.3. The standard InChI is InChI=1S/C20H32ClNO4S/c1-2-3-4-5-6-7-8-9-10-11-14-26-16-22-20(23)17-12-13-18(21)19(15-17)27(24)25/h12-13,15H,2-11,14,16H2,1H3,(H,22,23)(H,24,25). The number of ether oxygens (including phenoxy) is 1. The second kappa shape index (κ2) is 15.0. The smallest absolute Gasteiger partial charge is 0.253 e. The first-order valence-electron chi connectivity index (χ1n) is 9.82. The van der Waals surface area contributed by atoms with Gasteiger partial charge in [-0.25, -0.2) is 4.21 Å². The van der Waals surface area contributed by atoms with Crippen molar-refractivity contribution in [3.63, 3.8) is 0 Å². The number of rotatable bonds is 15. The van der Waals surface area contributed by atoms with Crippen LogP contribution in [-0.4, -0.2) is 28.0 Å². The lowest BCUT2D eigenvalue weighted by Crippen LogP contribution is -2.26. The van der Waals surface area contributed by atoms with E-state index in [0.29, 0.717) is 6.61 Å². The number of carbonyl (C=O) groups excluding carboxylic acids is 1. The summed E-state index contributed by atoms with van der Waals surface area (Å²) in [4.78, 5) is 12.0. The number of amides is 1. The van der Waals surface area contributed by atoms with E-state index in [2.05, 4.69) is 12.2 Å². The molecule has 0 aromatic heterocycles. The fourth-order valence-corrected chi connectivity index (χ4v) is 3.54. The van der Waals surface area contributed by atoms with Crippen molar-refractivity contribution >= 4 is 28.6 Å². The fourth-order valence-electron chi connectivity index (χ4n) is 2.76. The maximum Gasteiger partial charge on any atom is 0.253 e. The molecule has 27 heavy (non-hydrogen) atoms. The molecule has 154 valence electrons. The summed E-state index contributed by atoms with van der Waals surface area (Å²) >= 11 is 3.59. The molecule has 1 rings (SSSR count). The van der Waals surface area contributed by atoms with E-state index in [1.165, 1.54) is 69.6 Å². The molecule has 0 spiro atoms. The minimum Gasteiger partial charge on any atom is -0.361 e. The molecule has 1 atom stereocenters. The van der Waals surface area contributed by atoms with Crippen LogP contribution in [0.25, 0.3) is 0 Å². The van der Waals surface area contributed by atoms with Crippen molar-refractivity contribution in [1.82, 2.24) is 5.32 Å². The third-order valence-corrected chi connectivity index (χ3v) is 5.51. The first kappa shape index (κ1) is 24.1. The van der Waals surface area contributed by atoms with Crippen molar-refractivity contribution in [3.8, 4) is 0 Å². The summed E-state index contributed by atoms with van der Waals surface area (Å²) < 4.78 is 25.7. The van der Waals surface area contributed by atoms with Crippen LogP contribution in [0.3, 0.4) is 0 Å². The monoisotopic (exact) mass is 417 g/mol. The predicted molar refractivity (Wildman–Crippen MR) is 111 cm³/mol. The zero-order chi connectivity index (χ0) is 19.9. The molecule has 0 aliphatic rings. The van der Waals surface area contributed by atoms with Crippen LogP contribution in [0, 0.1) is 0 Å². The van der Waals surface area contributed by atoms with Crippen molar-refractivity contribution in [1.29, 1.82) is 0 Å². The second-order valence-electron chi connectivity index (χ2n) is 6.63. The van der Waals surface area contributed by atoms with Crippen molar-refractivity contribution in [3.05, 3.63) is 28.8 Å². The molecule has 2 N–H and O–H groups in total. The van der Waals surface area contributed by atoms with Crippen molar-refractivity contribution in [2.24, 2.45) is 0 Å². The Morgan fingerprint density at radius 3 is 2.26 bits per heavy atom. The average Bonchev–Trinajstić information content (AvgIpc) is 2.65. The largest absolute Gasteiger partial charge is 0.361 e. The lowest BCUT2D eigenvalue weighted by Gasteiger charge is -2.08. The second-order valence-corrected chi connectivity index (χ2v) is 7.98. The van der Waals surface area contributed by atoms with Gasteiger partial charge in [-0.3, -0.25) is 4.79 Å². The van der Waals surface area contributed by atoms with Gasteiger partial charge in [-0.15, -0.1) is 0 Å². The van der Waals surface area contributed by atoms with Gasteiger partial charge in [-0.05, 0) is 24.6 Å². The number of nitrogens with one attached hydrogen (secondary N) is 1. The third-order valence-electron chi connectivity index (χ3n) is 4.36. The van der Waals surface area contributed by atoms with E-state index < -0.39 is 11.1 Å². The van der Waals surface area contributed by atoms with E-state index in [4.69, 9.17) is 20.9 Å². The van der Waals surface area contributed by atoms with Gasteiger partial charge in [-0.1, -0.05) is 76.3 Å². The van der Waals surface area contributed by atoms with Crippen LogP contribution in [-0.2, 0) is 15.8 Å². The molecule has 1 aromatic rings. The van der Waals surface area contributed by atoms with Crippen LogP contribution < -0.4 is 5.32 Å². The van der Waals surface area contributed by atoms with Crippen LogP contribution >= 0.6 is 11.6 Å². The van der Waals surface area contributed by atoms with Crippen molar-refractivity contribution in [2.75, 3.05) is 13.3 Å². The molecule has 0 radical (unpaired) electrons. The maximum atomic E-state index is 12.0. The average molecular weight is 418 g/mol. The minimum absolute atomic E-state index is 0.0237. The number of carbonyl (C=O) groups is 1. The molecule has 0 saturated carbocycles. The van der Waals surface area contributed by atoms with E-state index in [9.17, 15) is 9.00 Å². The summed E-state index contributed by atoms with van der Waals surface area (Å²) in [6.07, 6.45) is 12.7. The highest BCUT2D eigenvalue weighted by Crippen LogP contribution is 2.20. The molecule has 1 amide bonds. The maximum absolute atomic E-state index is 12.0. The van der Waals surface area contributed by atoms with Gasteiger partial charge in [0.25, 0.3) is 5.91 Å². The summed E-state index contributed by atoms with van der Waals surface area (Å²) in [6, 6.07) is 4.26. The van der Waals surface area contributed by atoms with Gasteiger partial charge >= 0.3 is 0 Å². The van der Waals surface area contributed by atoms with Gasteiger partial charge in [0.2, 0.25) is 0 Å². The first-order chi connectivity index (χ1) is 13.1. The molecule has 0 saturated heterocycles. The Balaban J connectivity index is 2.04. The number of hydrogen-bond donors (Lipinski definition) is 2. The molecule has 1 unspecified atom stereocenters. The normalized spacial score (nSPS) is 12.1. The highest BCUT2D eigenvalue weighted by Gasteiger charge is 2.11. The predicted octanol–water partition coefficient (Wildman–Crippen LogP) is 5.55. The third kappa shape index (κ3) is 10.8. The fraction of sp³-hybridized carbons (Fsp3) is 0.650. The molecule has 0 fully saturated rings. The lowest BCUT2D eigenvalue weighted by molar-refractivity contribution is 0.0782. The van der Waals surface area contributed by atoms with Crippen LogP contribution in [0.1, 0.15) is 81.5 Å². The molecular formula is C20H32ClNO4S. The van der Waals surface area contributed by atoms with Crippen LogP contribution in [0.15, 0.2) is 23.1 Å². The van der Waals surface area contributed by atoms with Gasteiger partial charge in [0.15, 0.2) is 11.1 Å². The Hall–Kier alpha value is -0.950. The summed E-state index contributed by atoms with van der Waals surface area (Å²) in [6.45, 7) is 2.97. The number of halogens is 1. The summed E-state index contributed by atoms with van der Waals surface area (Å²) in [5.41, 5.74) is 0.277. The molecule has 0 bridgehead atoms. The van der Waals surface area contributed by atoms with Crippen molar-refractivity contribution in [2.45, 2.75) is 76.0 Å². The van der Waals surface area contributed by atoms with E-state index >= 15 is 0 Å². The molecule has 5 nitrogen and oxygen atoms in total. The quantitative estimate of drug-likeness (QED) is 0.223. The topological polar surface area (TPSA) is 75.6 Å². The zero-order valence-corrected chi connectivity index (χ0v) is 17.7. The molecule has 1 aromatic carbocycles. The lowest BCUT2D eigenvalue weighted by atomic mass is 10.1. The van der Waals surface area contributed by atoms with E-state index in [1.54, 1.807) is 0 Å². The van der Waals surface area contributed by atoms with Crippen LogP contribution in [0.5, 0.6) is 0 Å². The highest BCUT2D eigenvalue weighted by atomic mass is 35.5. The summed E-state index contributed by atoms with van der Waals surface area (Å²) in [7, 11) is 0.